The fourth-order valence-electron chi connectivity index (χ4n) is 9.33. The Morgan fingerprint density at radius 2 is 0.864 bits per heavy atom. The van der Waals surface area contributed by atoms with Crippen molar-refractivity contribution in [2.75, 3.05) is 88.2 Å². The molecule has 6 aromatic rings. The second kappa shape index (κ2) is 23.3. The van der Waals surface area contributed by atoms with Gasteiger partial charge in [-0.1, -0.05) is 69.7 Å². The van der Waals surface area contributed by atoms with Crippen LogP contribution in [-0.4, -0.2) is 122 Å². The lowest BCUT2D eigenvalue weighted by atomic mass is 10.0. The Morgan fingerprint density at radius 3 is 1.32 bits per heavy atom. The van der Waals surface area contributed by atoms with E-state index in [1.165, 1.54) is 70.9 Å². The summed E-state index contributed by atoms with van der Waals surface area (Å²) in [5.41, 5.74) is 8.54. The summed E-state index contributed by atoms with van der Waals surface area (Å²) < 4.78 is 14.6. The summed E-state index contributed by atoms with van der Waals surface area (Å²) in [6.45, 7) is 9.46. The third-order valence-corrected chi connectivity index (χ3v) is 13.2. The second-order valence-corrected chi connectivity index (χ2v) is 20.2. The Bertz CT molecular complexity index is 2660. The van der Waals surface area contributed by atoms with Crippen LogP contribution in [0.2, 0.25) is 0 Å². The van der Waals surface area contributed by atoms with Gasteiger partial charge in [-0.25, -0.2) is 0 Å². The van der Waals surface area contributed by atoms with Crippen molar-refractivity contribution in [3.05, 3.63) is 152 Å². The van der Waals surface area contributed by atoms with Gasteiger partial charge in [0.05, 0.1) is 67.6 Å². The molecule has 66 heavy (non-hydrogen) atoms. The first-order valence-electron chi connectivity index (χ1n) is 24.9. The molecule has 0 saturated heterocycles. The minimum absolute atomic E-state index is 0.705. The highest BCUT2D eigenvalue weighted by molar-refractivity contribution is 5.79. The highest BCUT2D eigenvalue weighted by atomic mass is 16.5. The molecule has 0 unspecified atom stereocenters. The van der Waals surface area contributed by atoms with Gasteiger partial charge in [-0.3, -0.25) is 0 Å². The highest BCUT2D eigenvalue weighted by Crippen LogP contribution is 2.25. The van der Waals surface area contributed by atoms with Gasteiger partial charge in [0.1, 0.15) is 11.5 Å². The number of quaternary nitrogens is 2. The molecule has 0 fully saturated rings. The van der Waals surface area contributed by atoms with Crippen molar-refractivity contribution in [2.24, 2.45) is 0 Å². The average molecular weight is 894 g/mol. The van der Waals surface area contributed by atoms with Gasteiger partial charge in [-0.15, -0.1) is 0 Å². The number of H-pyrrole nitrogens is 4. The predicted molar refractivity (Wildman–Crippen MR) is 275 cm³/mol. The lowest BCUT2D eigenvalue weighted by Crippen LogP contribution is -2.42. The van der Waals surface area contributed by atoms with Crippen LogP contribution in [-0.2, 0) is 0 Å². The number of hydrogen-bond acceptors (Lipinski definition) is 3. The molecule has 9 nitrogen and oxygen atoms in total. The molecule has 0 spiro atoms. The zero-order chi connectivity index (χ0) is 46.4. The molecule has 1 aliphatic rings. The van der Waals surface area contributed by atoms with Crippen LogP contribution < -0.4 is 30.9 Å². The third kappa shape index (κ3) is 14.3. The van der Waals surface area contributed by atoms with Crippen molar-refractivity contribution < 1.29 is 18.4 Å². The number of nitrogens with one attached hydrogen (secondary N) is 4. The van der Waals surface area contributed by atoms with Crippen molar-refractivity contribution in [3.63, 3.8) is 0 Å². The van der Waals surface area contributed by atoms with Gasteiger partial charge in [-0.2, -0.15) is 0 Å². The molecule has 9 heteroatoms. The zero-order valence-electron chi connectivity index (χ0n) is 41.3. The molecular weight excluding hydrogens is 815 g/mol. The van der Waals surface area contributed by atoms with E-state index in [-0.39, 0.29) is 0 Å². The largest absolute Gasteiger partial charge is 0.493 e. The molecule has 0 aliphatic carbocycles. The Hall–Kier alpha value is -5.48. The maximum Gasteiger partial charge on any atom is 0.119 e. The quantitative estimate of drug-likeness (QED) is 0.0345. The monoisotopic (exact) mass is 894 g/mol. The summed E-state index contributed by atoms with van der Waals surface area (Å²) in [5, 5.41) is 4.11. The molecular formula is C57H79N7O2+2. The van der Waals surface area contributed by atoms with E-state index in [2.05, 4.69) is 183 Å². The molecule has 0 saturated carbocycles. The molecule has 5 heterocycles. The van der Waals surface area contributed by atoms with Crippen LogP contribution in [0.4, 0.5) is 0 Å². The van der Waals surface area contributed by atoms with E-state index in [0.717, 1.165) is 126 Å². The molecule has 2 aromatic carbocycles. The molecule has 7 rings (SSSR count). The van der Waals surface area contributed by atoms with Crippen LogP contribution in [0.3, 0.4) is 0 Å². The molecule has 8 bridgehead atoms. The summed E-state index contributed by atoms with van der Waals surface area (Å²) in [6.07, 6.45) is 18.5. The minimum Gasteiger partial charge on any atom is -0.493 e. The molecule has 0 amide bonds. The zero-order valence-corrected chi connectivity index (χ0v) is 41.3. The maximum atomic E-state index is 6.30. The summed E-state index contributed by atoms with van der Waals surface area (Å²) >= 11 is 0. The molecule has 0 radical (unpaired) electrons. The predicted octanol–water partition coefficient (Wildman–Crippen LogP) is 8.25. The van der Waals surface area contributed by atoms with Crippen molar-refractivity contribution in [2.45, 2.75) is 77.6 Å². The van der Waals surface area contributed by atoms with E-state index >= 15 is 0 Å². The number of fused-ring (bicyclic) bond motifs is 8. The highest BCUT2D eigenvalue weighted by Gasteiger charge is 2.17. The van der Waals surface area contributed by atoms with Gasteiger partial charge < -0.3 is 43.3 Å². The van der Waals surface area contributed by atoms with Gasteiger partial charge in [-0.05, 0) is 123 Å². The van der Waals surface area contributed by atoms with Crippen molar-refractivity contribution >= 4 is 23.3 Å². The van der Waals surface area contributed by atoms with Crippen LogP contribution in [0, 0.1) is 0 Å². The number of hydrogen-bond donors (Lipinski definition) is 4. The summed E-state index contributed by atoms with van der Waals surface area (Å²) in [6, 6.07) is 34.4. The van der Waals surface area contributed by atoms with Crippen molar-refractivity contribution in [3.8, 4) is 11.5 Å². The van der Waals surface area contributed by atoms with Gasteiger partial charge in [0.25, 0.3) is 0 Å². The topological polar surface area (TPSA) is 84.9 Å². The standard InChI is InChI=1S/C57H79N7O2/c1-8-9-10-11-12-13-14-15-36-63(4,5)38-17-40-65-50-27-19-44(20-28-50)56-52-31-23-46(58-52)42-48-25-33-54(60-48)57(55-34-26-49(61-55)43-47-24-32-53(56)59-47)45-21-29-51(30-22-45)66-41-18-39-64(6,7)37-16-35-62(2)3/h19-34,42-43,58-61H,8-18,35-41H2,1-7H3/q+2. The Kier molecular flexibility index (Phi) is 17.1. The van der Waals surface area contributed by atoms with E-state index < -0.39 is 0 Å². The molecule has 4 N–H and O–H groups in total. The summed E-state index contributed by atoms with van der Waals surface area (Å²) in [5.74, 6) is 1.80. The van der Waals surface area contributed by atoms with Crippen molar-refractivity contribution in [1.82, 2.24) is 24.8 Å². The Balaban J connectivity index is 1.03. The van der Waals surface area contributed by atoms with E-state index in [1.807, 2.05) is 0 Å². The number of rotatable bonds is 25. The van der Waals surface area contributed by atoms with Crippen LogP contribution in [0.15, 0.2) is 97.1 Å². The fourth-order valence-corrected chi connectivity index (χ4v) is 9.33. The Labute approximate surface area is 394 Å². The number of nitrogens with zero attached hydrogens (tertiary/aromatic N) is 3. The lowest BCUT2D eigenvalue weighted by molar-refractivity contribution is -0.890. The summed E-state index contributed by atoms with van der Waals surface area (Å²) in [7, 11) is 13.7. The number of unbranched alkanes of at least 4 members (excludes halogenated alkanes) is 7. The average Bonchev–Trinajstić information content (AvgIpc) is 4.14. The molecule has 352 valence electrons. The maximum absolute atomic E-state index is 6.30. The van der Waals surface area contributed by atoms with E-state index in [0.29, 0.717) is 6.61 Å². The molecule has 4 aromatic heterocycles. The van der Waals surface area contributed by atoms with Crippen LogP contribution in [0.1, 0.15) is 111 Å². The van der Waals surface area contributed by atoms with Crippen molar-refractivity contribution in [1.29, 1.82) is 0 Å². The number of aromatic nitrogens is 4. The molecule has 1 aliphatic heterocycles. The van der Waals surface area contributed by atoms with E-state index in [4.69, 9.17) is 9.47 Å². The molecule has 0 atom stereocenters. The van der Waals surface area contributed by atoms with Crippen LogP contribution >= 0.6 is 0 Å². The lowest BCUT2D eigenvalue weighted by Gasteiger charge is -2.30. The van der Waals surface area contributed by atoms with Gasteiger partial charge in [0.15, 0.2) is 0 Å². The van der Waals surface area contributed by atoms with Gasteiger partial charge >= 0.3 is 0 Å². The smallest absolute Gasteiger partial charge is 0.119 e. The minimum atomic E-state index is 0.705. The van der Waals surface area contributed by atoms with Crippen LogP contribution in [0.5, 0.6) is 11.5 Å². The first-order valence-corrected chi connectivity index (χ1v) is 24.9. The fraction of sp³-hybridized carbons (Fsp3) is 0.439. The second-order valence-electron chi connectivity index (χ2n) is 20.2. The first-order chi connectivity index (χ1) is 31.9. The number of aromatic amines is 4. The summed E-state index contributed by atoms with van der Waals surface area (Å²) in [4.78, 5) is 17.2. The van der Waals surface area contributed by atoms with E-state index in [1.54, 1.807) is 0 Å². The normalized spacial score (nSPS) is 13.0. The third-order valence-electron chi connectivity index (χ3n) is 13.2. The SMILES string of the molecule is CCCCCCCCCC[N+](C)(C)CCCOc1ccc(C2=c3ccc([nH]3)=Cc3ccc([nH]3)C(c3ccc(OCCC[N+](C)(C)CCCN(C)C)cc3)=c3ccc([nH]3)=Cc3ccc2[nH]3)cc1. The van der Waals surface area contributed by atoms with Crippen LogP contribution in [0.25, 0.3) is 23.3 Å². The van der Waals surface area contributed by atoms with Gasteiger partial charge in [0, 0.05) is 81.1 Å². The number of ether oxygens (including phenoxy) is 2. The first kappa shape index (κ1) is 48.5. The Morgan fingerprint density at radius 1 is 0.439 bits per heavy atom. The van der Waals surface area contributed by atoms with Gasteiger partial charge in [0.2, 0.25) is 0 Å². The van der Waals surface area contributed by atoms with E-state index in [9.17, 15) is 0 Å². The number of benzene rings is 2.